The third-order valence-electron chi connectivity index (χ3n) is 3.07. The number of halogens is 1. The first-order valence-electron chi connectivity index (χ1n) is 6.09. The van der Waals surface area contributed by atoms with Crippen LogP contribution in [0.25, 0.3) is 0 Å². The summed E-state index contributed by atoms with van der Waals surface area (Å²) in [6.45, 7) is 2.06. The Bertz CT molecular complexity index is 568. The van der Waals surface area contributed by atoms with Crippen LogP contribution in [0.3, 0.4) is 0 Å². The summed E-state index contributed by atoms with van der Waals surface area (Å²) in [4.78, 5) is 1.20. The van der Waals surface area contributed by atoms with E-state index >= 15 is 0 Å². The topological polar surface area (TPSA) is 9.23 Å². The van der Waals surface area contributed by atoms with E-state index in [0.29, 0.717) is 0 Å². The number of methoxy groups -OCH3 is 1. The van der Waals surface area contributed by atoms with Crippen molar-refractivity contribution in [2.75, 3.05) is 13.4 Å². The molecule has 2 rings (SSSR count). The predicted molar refractivity (Wildman–Crippen MR) is 83.7 cm³/mol. The first-order chi connectivity index (χ1) is 9.17. The van der Waals surface area contributed by atoms with Crippen LogP contribution in [0, 0.1) is 6.92 Å². The third-order valence-corrected chi connectivity index (χ3v) is 4.35. The fraction of sp³-hybridized carbons (Fsp3) is 0.250. The van der Waals surface area contributed by atoms with Crippen LogP contribution in [0.15, 0.2) is 47.4 Å². The van der Waals surface area contributed by atoms with Gasteiger partial charge in [-0.3, -0.25) is 0 Å². The quantitative estimate of drug-likeness (QED) is 0.576. The van der Waals surface area contributed by atoms with Gasteiger partial charge in [-0.1, -0.05) is 35.9 Å². The van der Waals surface area contributed by atoms with Crippen LogP contribution >= 0.6 is 23.4 Å². The maximum absolute atomic E-state index is 6.68. The Labute approximate surface area is 123 Å². The van der Waals surface area contributed by atoms with Crippen LogP contribution in [0.1, 0.15) is 22.1 Å². The van der Waals surface area contributed by atoms with Crippen LogP contribution in [-0.4, -0.2) is 13.4 Å². The number of alkyl halides is 1. The summed E-state index contributed by atoms with van der Waals surface area (Å²) in [5.74, 6) is 0.835. The van der Waals surface area contributed by atoms with E-state index < -0.39 is 0 Å². The van der Waals surface area contributed by atoms with E-state index in [1.807, 2.05) is 24.3 Å². The fourth-order valence-electron chi connectivity index (χ4n) is 2.10. The Morgan fingerprint density at radius 2 is 1.84 bits per heavy atom. The Kier molecular flexibility index (Phi) is 4.78. The number of aryl methyl sites for hydroxylation is 1. The zero-order valence-electron chi connectivity index (χ0n) is 11.3. The molecule has 0 fully saturated rings. The van der Waals surface area contributed by atoms with Gasteiger partial charge in [0.1, 0.15) is 5.75 Å². The van der Waals surface area contributed by atoms with Gasteiger partial charge in [0.2, 0.25) is 0 Å². The highest BCUT2D eigenvalue weighted by Gasteiger charge is 2.18. The molecule has 0 aromatic heterocycles. The normalized spacial score (nSPS) is 12.2. The molecule has 0 bridgehead atoms. The average Bonchev–Trinajstić information content (AvgIpc) is 2.46. The molecule has 100 valence electrons. The number of benzene rings is 2. The molecule has 0 aliphatic carbocycles. The van der Waals surface area contributed by atoms with Gasteiger partial charge in [0.15, 0.2) is 0 Å². The van der Waals surface area contributed by atoms with Gasteiger partial charge in [-0.25, -0.2) is 0 Å². The Morgan fingerprint density at radius 1 is 1.11 bits per heavy atom. The summed E-state index contributed by atoms with van der Waals surface area (Å²) in [6, 6.07) is 14.3. The first-order valence-corrected chi connectivity index (χ1v) is 7.75. The van der Waals surface area contributed by atoms with Crippen molar-refractivity contribution in [3.05, 3.63) is 59.2 Å². The van der Waals surface area contributed by atoms with Gasteiger partial charge in [-0.05, 0) is 30.9 Å². The molecular formula is C16H17ClOS. The van der Waals surface area contributed by atoms with Crippen molar-refractivity contribution >= 4 is 23.4 Å². The summed E-state index contributed by atoms with van der Waals surface area (Å²) in [5.41, 5.74) is 3.33. The molecule has 1 nitrogen and oxygen atoms in total. The monoisotopic (exact) mass is 292 g/mol. The Morgan fingerprint density at radius 3 is 2.53 bits per heavy atom. The molecule has 19 heavy (non-hydrogen) atoms. The van der Waals surface area contributed by atoms with Crippen molar-refractivity contribution in [3.63, 3.8) is 0 Å². The Hall–Kier alpha value is -1.12. The van der Waals surface area contributed by atoms with E-state index in [4.69, 9.17) is 16.3 Å². The maximum atomic E-state index is 6.68. The highest BCUT2D eigenvalue weighted by Crippen LogP contribution is 2.39. The van der Waals surface area contributed by atoms with E-state index in [0.717, 1.165) is 16.9 Å². The molecule has 0 saturated heterocycles. The lowest BCUT2D eigenvalue weighted by Gasteiger charge is -2.17. The van der Waals surface area contributed by atoms with Crippen molar-refractivity contribution in [1.82, 2.24) is 0 Å². The number of thioether (sulfide) groups is 1. The van der Waals surface area contributed by atoms with E-state index in [2.05, 4.69) is 31.4 Å². The standard InChI is InChI=1S/C16H17ClOS/c1-11-8-9-14(18-2)13(10-11)16(17)12-6-4-5-7-15(12)19-3/h4-10,16H,1-3H3. The molecule has 0 amide bonds. The van der Waals surface area contributed by atoms with E-state index in [1.54, 1.807) is 18.9 Å². The lowest BCUT2D eigenvalue weighted by atomic mass is 10.0. The second kappa shape index (κ2) is 6.36. The SMILES string of the molecule is COc1ccc(C)cc1C(Cl)c1ccccc1SC. The van der Waals surface area contributed by atoms with Crippen molar-refractivity contribution in [1.29, 1.82) is 0 Å². The largest absolute Gasteiger partial charge is 0.496 e. The summed E-state index contributed by atoms with van der Waals surface area (Å²) in [7, 11) is 1.68. The minimum Gasteiger partial charge on any atom is -0.496 e. The predicted octanol–water partition coefficient (Wildman–Crippen LogP) is 5.05. The average molecular weight is 293 g/mol. The molecule has 2 aromatic carbocycles. The van der Waals surface area contributed by atoms with Gasteiger partial charge in [0.25, 0.3) is 0 Å². The third kappa shape index (κ3) is 3.07. The fourth-order valence-corrected chi connectivity index (χ4v) is 3.16. The lowest BCUT2D eigenvalue weighted by Crippen LogP contribution is -1.99. The van der Waals surface area contributed by atoms with Gasteiger partial charge in [0.05, 0.1) is 12.5 Å². The van der Waals surface area contributed by atoms with Crippen molar-refractivity contribution < 1.29 is 4.74 Å². The van der Waals surface area contributed by atoms with Gasteiger partial charge >= 0.3 is 0 Å². The number of rotatable bonds is 4. The van der Waals surface area contributed by atoms with Gasteiger partial charge < -0.3 is 4.74 Å². The van der Waals surface area contributed by atoms with E-state index in [-0.39, 0.29) is 5.38 Å². The van der Waals surface area contributed by atoms with Crippen LogP contribution in [0.5, 0.6) is 5.75 Å². The minimum atomic E-state index is -0.196. The molecule has 0 aliphatic rings. The molecule has 0 saturated carbocycles. The second-order valence-corrected chi connectivity index (χ2v) is 5.63. The summed E-state index contributed by atoms with van der Waals surface area (Å²) >= 11 is 8.39. The highest BCUT2D eigenvalue weighted by atomic mass is 35.5. The summed E-state index contributed by atoms with van der Waals surface area (Å²) < 4.78 is 5.43. The summed E-state index contributed by atoms with van der Waals surface area (Å²) in [5, 5.41) is -0.196. The van der Waals surface area contributed by atoms with Crippen LogP contribution in [-0.2, 0) is 0 Å². The lowest BCUT2D eigenvalue weighted by molar-refractivity contribution is 0.410. The zero-order valence-corrected chi connectivity index (χ0v) is 12.9. The molecule has 0 heterocycles. The Balaban J connectivity index is 2.49. The molecule has 3 heteroatoms. The zero-order chi connectivity index (χ0) is 13.8. The molecule has 0 spiro atoms. The molecule has 1 unspecified atom stereocenters. The van der Waals surface area contributed by atoms with E-state index in [9.17, 15) is 0 Å². The molecule has 0 N–H and O–H groups in total. The second-order valence-electron chi connectivity index (χ2n) is 4.35. The molecule has 2 aromatic rings. The van der Waals surface area contributed by atoms with Crippen molar-refractivity contribution in [2.24, 2.45) is 0 Å². The van der Waals surface area contributed by atoms with Crippen LogP contribution in [0.2, 0.25) is 0 Å². The molecular weight excluding hydrogens is 276 g/mol. The first kappa shape index (κ1) is 14.3. The van der Waals surface area contributed by atoms with Crippen molar-refractivity contribution in [2.45, 2.75) is 17.2 Å². The van der Waals surface area contributed by atoms with Gasteiger partial charge in [-0.2, -0.15) is 0 Å². The van der Waals surface area contributed by atoms with Crippen LogP contribution in [0.4, 0.5) is 0 Å². The number of hydrogen-bond donors (Lipinski definition) is 0. The maximum Gasteiger partial charge on any atom is 0.123 e. The highest BCUT2D eigenvalue weighted by molar-refractivity contribution is 7.98. The minimum absolute atomic E-state index is 0.196. The van der Waals surface area contributed by atoms with Gasteiger partial charge in [-0.15, -0.1) is 23.4 Å². The smallest absolute Gasteiger partial charge is 0.123 e. The summed E-state index contributed by atoms with van der Waals surface area (Å²) in [6.07, 6.45) is 2.07. The number of hydrogen-bond acceptors (Lipinski definition) is 2. The molecule has 1 atom stereocenters. The van der Waals surface area contributed by atoms with E-state index in [1.165, 1.54) is 10.5 Å². The molecule has 0 radical (unpaired) electrons. The van der Waals surface area contributed by atoms with Crippen molar-refractivity contribution in [3.8, 4) is 5.75 Å². The number of ether oxygens (including phenoxy) is 1. The van der Waals surface area contributed by atoms with Crippen LogP contribution < -0.4 is 4.74 Å². The van der Waals surface area contributed by atoms with Gasteiger partial charge in [0, 0.05) is 10.5 Å². The molecule has 0 aliphatic heterocycles.